The number of nitrogens with one attached hydrogen (secondary N) is 1. The number of aromatic nitrogens is 1. The molecular formula is C38H59N5O2SW. The molecule has 1 saturated heterocycles. The van der Waals surface area contributed by atoms with Crippen molar-refractivity contribution in [3.8, 4) is 0 Å². The minimum atomic E-state index is 0. The zero-order valence-electron chi connectivity index (χ0n) is 30.6. The van der Waals surface area contributed by atoms with E-state index in [4.69, 9.17) is 5.73 Å². The fourth-order valence-electron chi connectivity index (χ4n) is 4.88. The van der Waals surface area contributed by atoms with Gasteiger partial charge in [0.05, 0.1) is 11.4 Å². The summed E-state index contributed by atoms with van der Waals surface area (Å²) in [5.41, 5.74) is 13.6. The first-order chi connectivity index (χ1) is 21.7. The van der Waals surface area contributed by atoms with Gasteiger partial charge in [-0.25, -0.2) is 5.16 Å². The van der Waals surface area contributed by atoms with Gasteiger partial charge in [0, 0.05) is 49.9 Å². The minimum Gasteiger partial charge on any atom is -0.698 e. The van der Waals surface area contributed by atoms with Crippen LogP contribution in [0.2, 0.25) is 0 Å². The summed E-state index contributed by atoms with van der Waals surface area (Å²) in [4.78, 5) is 20.2. The molecule has 2 aromatic heterocycles. The standard InChI is InChI=1S/C19H29N3O.C12H20NS.C7H10NO.W/c1-6-15(2)13-19(17(4)23)22-14-18(8-7-16(22)3)21-11-9-20(5)10-12-21;1-4-9(3)6-7-10-11(13)8-14-12(10)5-2;1-7(2,3)6-4-5-9-8-6;/h7-8,13-15H,3,6,9-12H2,1-2,4-5H3;8-9,13H,4-7H2,1-3H3;4H,1-3H3;/q;2*-1;+2/b19-13-;;;. The van der Waals surface area contributed by atoms with Crippen molar-refractivity contribution in [3.05, 3.63) is 87.7 Å². The average Bonchev–Trinajstić information content (AvgIpc) is 3.70. The van der Waals surface area contributed by atoms with E-state index >= 15 is 0 Å². The molecule has 9 heteroatoms. The molecule has 0 aliphatic carbocycles. The van der Waals surface area contributed by atoms with Crippen LogP contribution in [0.15, 0.2) is 64.1 Å². The van der Waals surface area contributed by atoms with E-state index in [-0.39, 0.29) is 32.3 Å². The summed E-state index contributed by atoms with van der Waals surface area (Å²) in [5, 5.41) is 5.73. The maximum Gasteiger partial charge on any atom is 2.00 e. The number of nitrogens with zero attached hydrogens (tertiary/aromatic N) is 4. The van der Waals surface area contributed by atoms with Crippen molar-refractivity contribution in [2.45, 2.75) is 99.8 Å². The molecule has 2 aromatic rings. The quantitative estimate of drug-likeness (QED) is 0.175. The largest absolute Gasteiger partial charge is 2.00 e. The first-order valence-electron chi connectivity index (χ1n) is 16.9. The first-order valence-corrected chi connectivity index (χ1v) is 17.8. The monoisotopic (exact) mass is 833 g/mol. The number of carbonyl (C=O) groups is 1. The third-order valence-corrected chi connectivity index (χ3v) is 9.81. The molecule has 0 amide bonds. The van der Waals surface area contributed by atoms with Crippen LogP contribution in [0.4, 0.5) is 5.69 Å². The molecule has 0 bridgehead atoms. The molecule has 4 rings (SSSR count). The number of likely N-dealkylation sites (N-methyl/N-ethyl adjacent to an activating group) is 1. The molecule has 0 radical (unpaired) electrons. The Balaban J connectivity index is 0.000000390. The van der Waals surface area contributed by atoms with Crippen LogP contribution in [0.1, 0.15) is 97.7 Å². The summed E-state index contributed by atoms with van der Waals surface area (Å²) >= 11 is 1.75. The molecule has 1 N–H and O–H groups in total. The second kappa shape index (κ2) is 20.8. The molecule has 260 valence electrons. The molecule has 2 aliphatic rings. The molecule has 0 spiro atoms. The average molecular weight is 834 g/mol. The second-order valence-corrected chi connectivity index (χ2v) is 14.5. The van der Waals surface area contributed by atoms with E-state index in [9.17, 15) is 4.79 Å². The van der Waals surface area contributed by atoms with Gasteiger partial charge in [0.2, 0.25) is 0 Å². The van der Waals surface area contributed by atoms with Crippen LogP contribution in [0, 0.1) is 18.1 Å². The van der Waals surface area contributed by atoms with Crippen LogP contribution in [-0.4, -0.2) is 58.9 Å². The second-order valence-electron chi connectivity index (χ2n) is 13.6. The molecule has 7 nitrogen and oxygen atoms in total. The van der Waals surface area contributed by atoms with E-state index in [1.54, 1.807) is 24.3 Å². The Morgan fingerprint density at radius 2 is 1.81 bits per heavy atom. The molecule has 2 unspecified atom stereocenters. The van der Waals surface area contributed by atoms with E-state index in [1.165, 1.54) is 23.3 Å². The summed E-state index contributed by atoms with van der Waals surface area (Å²) in [6.07, 6.45) is 16.4. The van der Waals surface area contributed by atoms with Crippen molar-refractivity contribution >= 4 is 22.8 Å². The van der Waals surface area contributed by atoms with Gasteiger partial charge < -0.3 is 25.0 Å². The van der Waals surface area contributed by atoms with E-state index in [0.717, 1.165) is 79.8 Å². The Labute approximate surface area is 304 Å². The number of hydrogen-bond acceptors (Lipinski definition) is 7. The van der Waals surface area contributed by atoms with Gasteiger partial charge in [0.25, 0.3) is 0 Å². The van der Waals surface area contributed by atoms with Crippen molar-refractivity contribution < 1.29 is 30.4 Å². The third-order valence-electron chi connectivity index (χ3n) is 8.64. The topological polar surface area (TPSA) is 76.6 Å². The molecule has 0 aromatic carbocycles. The van der Waals surface area contributed by atoms with Gasteiger partial charge in [-0.3, -0.25) is 4.79 Å². The predicted octanol–water partition coefficient (Wildman–Crippen LogP) is 9.72. The first kappa shape index (κ1) is 42.6. The summed E-state index contributed by atoms with van der Waals surface area (Å²) < 4.78 is 4.57. The van der Waals surface area contributed by atoms with Crippen molar-refractivity contribution in [1.29, 1.82) is 0 Å². The zero-order valence-corrected chi connectivity index (χ0v) is 34.4. The number of Topliss-reactive ketones (excluding diaryl/α,β-unsaturated/α-hetero) is 1. The van der Waals surface area contributed by atoms with Crippen molar-refractivity contribution in [3.63, 3.8) is 0 Å². The van der Waals surface area contributed by atoms with Crippen molar-refractivity contribution in [2.75, 3.05) is 33.2 Å². The van der Waals surface area contributed by atoms with Crippen LogP contribution in [0.25, 0.3) is 5.73 Å². The van der Waals surface area contributed by atoms with Crippen LogP contribution in [0.3, 0.4) is 0 Å². The normalized spacial score (nSPS) is 16.7. The van der Waals surface area contributed by atoms with Gasteiger partial charge in [0.15, 0.2) is 5.78 Å². The van der Waals surface area contributed by atoms with Gasteiger partial charge in [-0.15, -0.1) is 17.0 Å². The van der Waals surface area contributed by atoms with E-state index in [0.29, 0.717) is 5.92 Å². The SMILES string of the molecule is C=C1C=CC(N2CCN(C)CC2)=CN1/C(=C\C(C)CC)C(C)=O.CC(C)(C)c1c[c-]on1.CCc1scc([NH-])c1CCC(C)CC.[W+2]. The fraction of sp³-hybridized carbons (Fsp3) is 0.579. The summed E-state index contributed by atoms with van der Waals surface area (Å²) in [6, 6.07) is 1.76. The number of piperazine rings is 1. The predicted molar refractivity (Wildman–Crippen MR) is 195 cm³/mol. The summed E-state index contributed by atoms with van der Waals surface area (Å²) in [6.45, 7) is 27.1. The van der Waals surface area contributed by atoms with Crippen LogP contribution >= 0.6 is 11.3 Å². The zero-order chi connectivity index (χ0) is 34.4. The number of ketones is 1. The summed E-state index contributed by atoms with van der Waals surface area (Å²) in [5.74, 6) is 1.24. The van der Waals surface area contributed by atoms with Gasteiger partial charge in [0.1, 0.15) is 0 Å². The molecular weight excluding hydrogens is 774 g/mol. The van der Waals surface area contributed by atoms with Crippen LogP contribution < -0.4 is 0 Å². The van der Waals surface area contributed by atoms with Gasteiger partial charge in [-0.1, -0.05) is 92.0 Å². The number of rotatable bonds is 10. The minimum absolute atomic E-state index is 0. The third kappa shape index (κ3) is 13.9. The van der Waals surface area contributed by atoms with Crippen molar-refractivity contribution in [1.82, 2.24) is 19.9 Å². The number of aryl methyl sites for hydroxylation is 1. The maximum absolute atomic E-state index is 12.1. The Morgan fingerprint density at radius 1 is 1.15 bits per heavy atom. The molecule has 2 atom stereocenters. The van der Waals surface area contributed by atoms with Crippen LogP contribution in [-0.2, 0) is 44.1 Å². The Bertz CT molecular complexity index is 1310. The van der Waals surface area contributed by atoms with Gasteiger partial charge in [-0.05, 0) is 67.5 Å². The number of thiophene rings is 1. The van der Waals surface area contributed by atoms with E-state index in [2.05, 4.69) is 113 Å². The molecule has 2 aliphatic heterocycles. The number of hydrogen-bond donors (Lipinski definition) is 0. The number of allylic oxidation sites excluding steroid dienone is 4. The number of carbonyl (C=O) groups excluding carboxylic acids is 1. The molecule has 0 saturated carbocycles. The smallest absolute Gasteiger partial charge is 0.698 e. The molecule has 1 fully saturated rings. The van der Waals surface area contributed by atoms with E-state index < -0.39 is 0 Å². The summed E-state index contributed by atoms with van der Waals surface area (Å²) in [7, 11) is 2.15. The van der Waals surface area contributed by atoms with Crippen molar-refractivity contribution in [2.24, 2.45) is 11.8 Å². The Kier molecular flexibility index (Phi) is 18.9. The van der Waals surface area contributed by atoms with Crippen LogP contribution in [0.5, 0.6) is 0 Å². The Hall–Kier alpha value is -2.41. The molecule has 4 heterocycles. The maximum atomic E-state index is 12.1. The van der Waals surface area contributed by atoms with Gasteiger partial charge in [-0.2, -0.15) is 6.07 Å². The Morgan fingerprint density at radius 3 is 2.30 bits per heavy atom. The molecule has 47 heavy (non-hydrogen) atoms. The fourth-order valence-corrected chi connectivity index (χ4v) is 5.80. The van der Waals surface area contributed by atoms with E-state index in [1.807, 2.05) is 16.4 Å². The van der Waals surface area contributed by atoms with Gasteiger partial charge >= 0.3 is 21.1 Å².